The molecule has 0 amide bonds. The second-order valence-electron chi connectivity index (χ2n) is 3.61. The standard InChI is InChI=1S/C14H11NO3/c16-13(11-5-2-1-3-6-11)10-18-14(17)12-7-4-8-15-9-12/h1-9H,10H2. The van der Waals surface area contributed by atoms with Crippen molar-refractivity contribution in [1.29, 1.82) is 0 Å². The average molecular weight is 241 g/mol. The molecular formula is C14H11NO3. The van der Waals surface area contributed by atoms with E-state index in [9.17, 15) is 9.59 Å². The van der Waals surface area contributed by atoms with Crippen molar-refractivity contribution in [3.63, 3.8) is 0 Å². The van der Waals surface area contributed by atoms with E-state index >= 15 is 0 Å². The molecule has 0 spiro atoms. The highest BCUT2D eigenvalue weighted by Crippen LogP contribution is 2.03. The molecule has 90 valence electrons. The van der Waals surface area contributed by atoms with Crippen molar-refractivity contribution >= 4 is 11.8 Å². The quantitative estimate of drug-likeness (QED) is 0.607. The molecule has 0 atom stereocenters. The van der Waals surface area contributed by atoms with Crippen molar-refractivity contribution in [3.05, 3.63) is 66.0 Å². The summed E-state index contributed by atoms with van der Waals surface area (Å²) in [6, 6.07) is 11.9. The molecule has 0 unspecified atom stereocenters. The van der Waals surface area contributed by atoms with Crippen LogP contribution in [0.2, 0.25) is 0 Å². The number of ketones is 1. The van der Waals surface area contributed by atoms with Gasteiger partial charge in [-0.15, -0.1) is 0 Å². The van der Waals surface area contributed by atoms with Gasteiger partial charge in [-0.05, 0) is 12.1 Å². The first-order valence-corrected chi connectivity index (χ1v) is 5.43. The molecule has 4 nitrogen and oxygen atoms in total. The van der Waals surface area contributed by atoms with Crippen molar-refractivity contribution in [2.45, 2.75) is 0 Å². The van der Waals surface area contributed by atoms with Gasteiger partial charge in [0.05, 0.1) is 5.56 Å². The lowest BCUT2D eigenvalue weighted by Gasteiger charge is -2.03. The van der Waals surface area contributed by atoms with E-state index < -0.39 is 5.97 Å². The molecule has 18 heavy (non-hydrogen) atoms. The second kappa shape index (κ2) is 5.72. The van der Waals surface area contributed by atoms with Crippen LogP contribution in [0.5, 0.6) is 0 Å². The number of carbonyl (C=O) groups excluding carboxylic acids is 2. The Hall–Kier alpha value is -2.49. The summed E-state index contributed by atoms with van der Waals surface area (Å²) in [5.41, 5.74) is 0.856. The Bertz CT molecular complexity index is 486. The SMILES string of the molecule is O=C(COC(=O)c1cccnc1)c1ccccc1. The Kier molecular flexibility index (Phi) is 3.81. The molecule has 0 bridgehead atoms. The molecule has 0 aliphatic rings. The molecule has 0 N–H and O–H groups in total. The molecular weight excluding hydrogens is 230 g/mol. The molecule has 0 radical (unpaired) electrons. The lowest BCUT2D eigenvalue weighted by molar-refractivity contribution is 0.0474. The Morgan fingerprint density at radius 1 is 1.00 bits per heavy atom. The molecule has 1 aromatic heterocycles. The normalized spacial score (nSPS) is 9.78. The highest BCUT2D eigenvalue weighted by Gasteiger charge is 2.11. The van der Waals surface area contributed by atoms with E-state index in [1.807, 2.05) is 6.07 Å². The maximum absolute atomic E-state index is 11.7. The van der Waals surface area contributed by atoms with Crippen LogP contribution in [-0.4, -0.2) is 23.3 Å². The van der Waals surface area contributed by atoms with Crippen molar-refractivity contribution in [3.8, 4) is 0 Å². The summed E-state index contributed by atoms with van der Waals surface area (Å²) < 4.78 is 4.92. The number of hydrogen-bond donors (Lipinski definition) is 0. The van der Waals surface area contributed by atoms with Gasteiger partial charge < -0.3 is 4.74 Å². The van der Waals surface area contributed by atoms with E-state index in [2.05, 4.69) is 4.98 Å². The first-order chi connectivity index (χ1) is 8.77. The number of pyridine rings is 1. The van der Waals surface area contributed by atoms with Crippen LogP contribution in [0.4, 0.5) is 0 Å². The van der Waals surface area contributed by atoms with E-state index in [1.165, 1.54) is 6.20 Å². The van der Waals surface area contributed by atoms with Crippen molar-refractivity contribution in [2.24, 2.45) is 0 Å². The second-order valence-corrected chi connectivity index (χ2v) is 3.61. The zero-order valence-electron chi connectivity index (χ0n) is 9.58. The number of benzene rings is 1. The van der Waals surface area contributed by atoms with Crippen LogP contribution in [0.25, 0.3) is 0 Å². The molecule has 2 rings (SSSR count). The highest BCUT2D eigenvalue weighted by atomic mass is 16.5. The summed E-state index contributed by atoms with van der Waals surface area (Å²) in [5.74, 6) is -0.778. The maximum atomic E-state index is 11.7. The monoisotopic (exact) mass is 241 g/mol. The van der Waals surface area contributed by atoms with Crippen LogP contribution in [0.15, 0.2) is 54.9 Å². The molecule has 0 saturated carbocycles. The largest absolute Gasteiger partial charge is 0.454 e. The van der Waals surface area contributed by atoms with E-state index in [0.717, 1.165) is 0 Å². The van der Waals surface area contributed by atoms with Gasteiger partial charge in [-0.2, -0.15) is 0 Å². The van der Waals surface area contributed by atoms with Crippen LogP contribution < -0.4 is 0 Å². The van der Waals surface area contributed by atoms with Gasteiger partial charge >= 0.3 is 5.97 Å². The topological polar surface area (TPSA) is 56.3 Å². The Morgan fingerprint density at radius 3 is 2.39 bits per heavy atom. The van der Waals surface area contributed by atoms with Crippen LogP contribution in [0, 0.1) is 0 Å². The van der Waals surface area contributed by atoms with Gasteiger partial charge in [0.2, 0.25) is 0 Å². The van der Waals surface area contributed by atoms with Crippen LogP contribution in [0.1, 0.15) is 20.7 Å². The number of nitrogens with zero attached hydrogens (tertiary/aromatic N) is 1. The zero-order valence-corrected chi connectivity index (χ0v) is 9.58. The molecule has 1 aromatic carbocycles. The van der Waals surface area contributed by atoms with Crippen LogP contribution >= 0.6 is 0 Å². The first kappa shape index (κ1) is 12.0. The van der Waals surface area contributed by atoms with Gasteiger partial charge in [0.25, 0.3) is 0 Å². The van der Waals surface area contributed by atoms with Crippen LogP contribution in [0.3, 0.4) is 0 Å². The maximum Gasteiger partial charge on any atom is 0.340 e. The summed E-state index contributed by atoms with van der Waals surface area (Å²) in [5, 5.41) is 0. The number of aromatic nitrogens is 1. The third-order valence-corrected chi connectivity index (χ3v) is 2.33. The molecule has 2 aromatic rings. The number of ether oxygens (including phenoxy) is 1. The van der Waals surface area contributed by atoms with Gasteiger partial charge in [0, 0.05) is 18.0 Å². The smallest absolute Gasteiger partial charge is 0.340 e. The van der Waals surface area contributed by atoms with Crippen molar-refractivity contribution < 1.29 is 14.3 Å². The van der Waals surface area contributed by atoms with E-state index in [1.54, 1.807) is 42.6 Å². The molecule has 0 fully saturated rings. The fourth-order valence-electron chi connectivity index (χ4n) is 1.41. The summed E-state index contributed by atoms with van der Waals surface area (Å²) in [4.78, 5) is 27.1. The number of esters is 1. The number of carbonyl (C=O) groups is 2. The fraction of sp³-hybridized carbons (Fsp3) is 0.0714. The number of rotatable bonds is 4. The Labute approximate surface area is 104 Å². The molecule has 1 heterocycles. The molecule has 0 aliphatic carbocycles. The lowest BCUT2D eigenvalue weighted by atomic mass is 10.1. The van der Waals surface area contributed by atoms with E-state index in [4.69, 9.17) is 4.74 Å². The lowest BCUT2D eigenvalue weighted by Crippen LogP contribution is -2.14. The molecule has 4 heteroatoms. The summed E-state index contributed by atoms with van der Waals surface area (Å²) in [7, 11) is 0. The van der Waals surface area contributed by atoms with E-state index in [0.29, 0.717) is 11.1 Å². The van der Waals surface area contributed by atoms with Gasteiger partial charge in [-0.25, -0.2) is 4.79 Å². The Morgan fingerprint density at radius 2 is 1.72 bits per heavy atom. The minimum atomic E-state index is -0.549. The highest BCUT2D eigenvalue weighted by molar-refractivity contribution is 5.99. The average Bonchev–Trinajstić information content (AvgIpc) is 2.46. The first-order valence-electron chi connectivity index (χ1n) is 5.43. The summed E-state index contributed by atoms with van der Waals surface area (Å²) in [6.07, 6.45) is 2.96. The minimum absolute atomic E-state index is 0.229. The van der Waals surface area contributed by atoms with Crippen molar-refractivity contribution in [2.75, 3.05) is 6.61 Å². The van der Waals surface area contributed by atoms with E-state index in [-0.39, 0.29) is 12.4 Å². The van der Waals surface area contributed by atoms with Gasteiger partial charge in [-0.1, -0.05) is 30.3 Å². The minimum Gasteiger partial charge on any atom is -0.454 e. The summed E-state index contributed by atoms with van der Waals surface area (Å²) >= 11 is 0. The summed E-state index contributed by atoms with van der Waals surface area (Å²) in [6.45, 7) is -0.266. The van der Waals surface area contributed by atoms with Gasteiger partial charge in [-0.3, -0.25) is 9.78 Å². The number of hydrogen-bond acceptors (Lipinski definition) is 4. The van der Waals surface area contributed by atoms with Gasteiger partial charge in [0.1, 0.15) is 0 Å². The van der Waals surface area contributed by atoms with Crippen LogP contribution in [-0.2, 0) is 4.74 Å². The predicted molar refractivity (Wildman–Crippen MR) is 65.3 cm³/mol. The van der Waals surface area contributed by atoms with Gasteiger partial charge in [0.15, 0.2) is 12.4 Å². The third-order valence-electron chi connectivity index (χ3n) is 2.33. The molecule has 0 aliphatic heterocycles. The fourth-order valence-corrected chi connectivity index (χ4v) is 1.41. The predicted octanol–water partition coefficient (Wildman–Crippen LogP) is 2.12. The third kappa shape index (κ3) is 3.01. The van der Waals surface area contributed by atoms with Crippen molar-refractivity contribution in [1.82, 2.24) is 4.98 Å². The number of Topliss-reactive ketones (excluding diaryl/α,β-unsaturated/α-hetero) is 1. The zero-order chi connectivity index (χ0) is 12.8. The molecule has 0 saturated heterocycles. The Balaban J connectivity index is 1.93.